The van der Waals surface area contributed by atoms with E-state index in [0.29, 0.717) is 29.6 Å². The smallest absolute Gasteiger partial charge is 0.339 e. The third kappa shape index (κ3) is 4.65. The van der Waals surface area contributed by atoms with Gasteiger partial charge in [0.1, 0.15) is 5.82 Å². The molecule has 0 unspecified atom stereocenters. The molecule has 0 atom stereocenters. The van der Waals surface area contributed by atoms with E-state index in [1.807, 2.05) is 30.3 Å². The summed E-state index contributed by atoms with van der Waals surface area (Å²) in [5.41, 5.74) is 2.28. The Balaban J connectivity index is 1.86. The molecule has 0 amide bonds. The van der Waals surface area contributed by atoms with Crippen molar-refractivity contribution in [1.29, 1.82) is 0 Å². The zero-order valence-corrected chi connectivity index (χ0v) is 16.3. The Bertz CT molecular complexity index is 929. The molecular weight excluding hydrogens is 352 g/mol. The Hall–Kier alpha value is -3.41. The molecule has 1 heterocycles. The number of ether oxygens (including phenoxy) is 1. The highest BCUT2D eigenvalue weighted by Gasteiger charge is 2.16. The minimum atomic E-state index is -0.398. The van der Waals surface area contributed by atoms with Crippen molar-refractivity contribution in [2.75, 3.05) is 17.3 Å². The van der Waals surface area contributed by atoms with Crippen LogP contribution in [0.5, 0.6) is 0 Å². The zero-order valence-electron chi connectivity index (χ0n) is 16.3. The second kappa shape index (κ2) is 8.99. The number of rotatable bonds is 7. The number of hydrogen-bond donors (Lipinski definition) is 1. The number of benzene rings is 2. The summed E-state index contributed by atoms with van der Waals surface area (Å²) in [7, 11) is 1.37. The van der Waals surface area contributed by atoms with Crippen molar-refractivity contribution >= 4 is 23.4 Å². The van der Waals surface area contributed by atoms with Gasteiger partial charge in [-0.15, -0.1) is 0 Å². The van der Waals surface area contributed by atoms with Crippen molar-refractivity contribution < 1.29 is 9.53 Å². The number of para-hydroxylation sites is 1. The summed E-state index contributed by atoms with van der Waals surface area (Å²) in [4.78, 5) is 23.2. The number of carbonyl (C=O) groups is 1. The summed E-state index contributed by atoms with van der Waals surface area (Å²) in [6, 6.07) is 19.4. The van der Waals surface area contributed by atoms with Crippen LogP contribution in [0.4, 0.5) is 17.5 Å². The number of methoxy groups -OCH3 is 1. The number of nitrogens with one attached hydrogen (secondary N) is 1. The van der Waals surface area contributed by atoms with Crippen LogP contribution in [0.25, 0.3) is 0 Å². The quantitative estimate of drug-likeness (QED) is 0.616. The maximum Gasteiger partial charge on any atom is 0.339 e. The van der Waals surface area contributed by atoms with Crippen LogP contribution in [0.15, 0.2) is 66.9 Å². The first-order chi connectivity index (χ1) is 13.6. The number of hydrogen-bond acceptors (Lipinski definition) is 6. The summed E-state index contributed by atoms with van der Waals surface area (Å²) in [5.74, 6) is 0.838. The summed E-state index contributed by atoms with van der Waals surface area (Å²) >= 11 is 0. The van der Waals surface area contributed by atoms with Gasteiger partial charge >= 0.3 is 5.97 Å². The lowest BCUT2D eigenvalue weighted by Gasteiger charge is -2.27. The van der Waals surface area contributed by atoms with Crippen LogP contribution in [0, 0.1) is 0 Å². The monoisotopic (exact) mass is 376 g/mol. The highest BCUT2D eigenvalue weighted by Crippen LogP contribution is 2.22. The molecular formula is C22H24N4O2. The topological polar surface area (TPSA) is 67.3 Å². The van der Waals surface area contributed by atoms with Crippen LogP contribution in [-0.4, -0.2) is 29.1 Å². The van der Waals surface area contributed by atoms with Gasteiger partial charge in [0.15, 0.2) is 0 Å². The van der Waals surface area contributed by atoms with Gasteiger partial charge in [-0.25, -0.2) is 9.78 Å². The third-order valence-electron chi connectivity index (χ3n) is 4.31. The van der Waals surface area contributed by atoms with E-state index in [-0.39, 0.29) is 6.04 Å². The first-order valence-corrected chi connectivity index (χ1v) is 9.16. The lowest BCUT2D eigenvalue weighted by Crippen LogP contribution is -2.31. The average Bonchev–Trinajstić information content (AvgIpc) is 2.72. The van der Waals surface area contributed by atoms with Gasteiger partial charge in [0.25, 0.3) is 0 Å². The highest BCUT2D eigenvalue weighted by molar-refractivity contribution is 5.96. The Morgan fingerprint density at radius 2 is 1.79 bits per heavy atom. The van der Waals surface area contributed by atoms with E-state index >= 15 is 0 Å². The molecule has 0 aliphatic carbocycles. The van der Waals surface area contributed by atoms with Gasteiger partial charge in [-0.3, -0.25) is 0 Å². The van der Waals surface area contributed by atoms with Crippen molar-refractivity contribution in [3.8, 4) is 0 Å². The van der Waals surface area contributed by atoms with E-state index in [9.17, 15) is 4.79 Å². The number of esters is 1. The minimum absolute atomic E-state index is 0.220. The molecule has 0 spiro atoms. The van der Waals surface area contributed by atoms with E-state index in [1.165, 1.54) is 12.7 Å². The van der Waals surface area contributed by atoms with Crippen molar-refractivity contribution in [1.82, 2.24) is 9.97 Å². The van der Waals surface area contributed by atoms with Gasteiger partial charge in [0.2, 0.25) is 5.95 Å². The molecule has 0 aliphatic rings. The standard InChI is InChI=1S/C22H24N4O2/c1-16(2)26(15-17-9-5-4-6-10-17)22-23-14-13-20(25-22)24-19-12-8-7-11-18(19)21(27)28-3/h4-14,16H,15H2,1-3H3,(H,23,24,25). The summed E-state index contributed by atoms with van der Waals surface area (Å²) in [6.45, 7) is 4.93. The SMILES string of the molecule is COC(=O)c1ccccc1Nc1ccnc(N(Cc2ccccc2)C(C)C)n1. The molecule has 0 saturated carbocycles. The largest absolute Gasteiger partial charge is 0.465 e. The number of aromatic nitrogens is 2. The molecule has 2 aromatic carbocycles. The second-order valence-electron chi connectivity index (χ2n) is 6.61. The van der Waals surface area contributed by atoms with E-state index in [0.717, 1.165) is 0 Å². The van der Waals surface area contributed by atoms with Crippen molar-refractivity contribution in [3.05, 3.63) is 78.0 Å². The molecule has 3 rings (SSSR count). The Labute approximate surface area is 165 Å². The normalized spacial score (nSPS) is 10.6. The van der Waals surface area contributed by atoms with E-state index in [1.54, 1.807) is 24.4 Å². The van der Waals surface area contributed by atoms with Crippen LogP contribution in [0.3, 0.4) is 0 Å². The van der Waals surface area contributed by atoms with Crippen molar-refractivity contribution in [2.24, 2.45) is 0 Å². The highest BCUT2D eigenvalue weighted by atomic mass is 16.5. The average molecular weight is 376 g/mol. The number of nitrogens with zero attached hydrogens (tertiary/aromatic N) is 3. The Morgan fingerprint density at radius 3 is 2.50 bits per heavy atom. The molecule has 1 N–H and O–H groups in total. The lowest BCUT2D eigenvalue weighted by molar-refractivity contribution is 0.0602. The molecule has 0 radical (unpaired) electrons. The van der Waals surface area contributed by atoms with Gasteiger partial charge in [-0.2, -0.15) is 4.98 Å². The Kier molecular flexibility index (Phi) is 6.22. The maximum atomic E-state index is 12.0. The third-order valence-corrected chi connectivity index (χ3v) is 4.31. The predicted molar refractivity (Wildman–Crippen MR) is 111 cm³/mol. The van der Waals surface area contributed by atoms with Crippen LogP contribution in [0.2, 0.25) is 0 Å². The molecule has 28 heavy (non-hydrogen) atoms. The molecule has 1 aromatic heterocycles. The molecule has 0 bridgehead atoms. The molecule has 0 aliphatic heterocycles. The molecule has 3 aromatic rings. The van der Waals surface area contributed by atoms with Crippen LogP contribution >= 0.6 is 0 Å². The first-order valence-electron chi connectivity index (χ1n) is 9.16. The van der Waals surface area contributed by atoms with Crippen molar-refractivity contribution in [3.63, 3.8) is 0 Å². The minimum Gasteiger partial charge on any atom is -0.465 e. The fraction of sp³-hybridized carbons (Fsp3) is 0.227. The second-order valence-corrected chi connectivity index (χ2v) is 6.61. The zero-order chi connectivity index (χ0) is 19.9. The molecule has 0 saturated heterocycles. The maximum absolute atomic E-state index is 12.0. The van der Waals surface area contributed by atoms with Crippen LogP contribution in [-0.2, 0) is 11.3 Å². The van der Waals surface area contributed by atoms with E-state index in [4.69, 9.17) is 4.74 Å². The predicted octanol–water partition coefficient (Wildman–Crippen LogP) is 4.42. The first kappa shape index (κ1) is 19.4. The fourth-order valence-corrected chi connectivity index (χ4v) is 2.84. The van der Waals surface area contributed by atoms with Crippen molar-refractivity contribution in [2.45, 2.75) is 26.4 Å². The van der Waals surface area contributed by atoms with Crippen LogP contribution < -0.4 is 10.2 Å². The summed E-state index contributed by atoms with van der Waals surface area (Å²) in [6.07, 6.45) is 1.71. The van der Waals surface area contributed by atoms with Gasteiger partial charge in [0, 0.05) is 18.8 Å². The molecule has 6 nitrogen and oxygen atoms in total. The molecule has 144 valence electrons. The lowest BCUT2D eigenvalue weighted by atomic mass is 10.2. The van der Waals surface area contributed by atoms with Gasteiger partial charge in [-0.05, 0) is 37.6 Å². The van der Waals surface area contributed by atoms with E-state index in [2.05, 4.69) is 46.2 Å². The fourth-order valence-electron chi connectivity index (χ4n) is 2.84. The number of carbonyl (C=O) groups excluding carboxylic acids is 1. The Morgan fingerprint density at radius 1 is 1.07 bits per heavy atom. The summed E-state index contributed by atoms with van der Waals surface area (Å²) < 4.78 is 4.85. The summed E-state index contributed by atoms with van der Waals surface area (Å²) in [5, 5.41) is 3.21. The van der Waals surface area contributed by atoms with Gasteiger partial charge in [0.05, 0.1) is 18.4 Å². The van der Waals surface area contributed by atoms with E-state index < -0.39 is 5.97 Å². The van der Waals surface area contributed by atoms with Crippen LogP contribution in [0.1, 0.15) is 29.8 Å². The van der Waals surface area contributed by atoms with Gasteiger partial charge in [-0.1, -0.05) is 42.5 Å². The van der Waals surface area contributed by atoms with Gasteiger partial charge < -0.3 is 15.0 Å². The molecule has 0 fully saturated rings. The molecule has 6 heteroatoms. The number of anilines is 3.